The van der Waals surface area contributed by atoms with Crippen LogP contribution in [-0.4, -0.2) is 47.4 Å². The summed E-state index contributed by atoms with van der Waals surface area (Å²) in [6.45, 7) is 5.02. The fraction of sp³-hybridized carbons (Fsp3) is 0.533. The Morgan fingerprint density at radius 2 is 2.20 bits per heavy atom. The van der Waals surface area contributed by atoms with Gasteiger partial charge in [0.2, 0.25) is 0 Å². The molecule has 0 bridgehead atoms. The van der Waals surface area contributed by atoms with Crippen molar-refractivity contribution >= 4 is 23.2 Å². The number of carbonyl (C=O) groups excluding carboxylic acids is 1. The Bertz CT molecular complexity index is 534. The van der Waals surface area contributed by atoms with E-state index in [4.69, 9.17) is 17.3 Å². The highest BCUT2D eigenvalue weighted by atomic mass is 35.5. The molecule has 0 radical (unpaired) electrons. The molecule has 2 fully saturated rings. The third-order valence-electron chi connectivity index (χ3n) is 4.42. The minimum absolute atomic E-state index is 0.00125. The van der Waals surface area contributed by atoms with Crippen LogP contribution in [-0.2, 0) is 0 Å². The maximum absolute atomic E-state index is 12.7. The highest BCUT2D eigenvalue weighted by Crippen LogP contribution is 2.28. The average Bonchev–Trinajstić information content (AvgIpc) is 2.87. The Balaban J connectivity index is 1.84. The Morgan fingerprint density at radius 1 is 1.40 bits per heavy atom. The molecule has 108 valence electrons. The van der Waals surface area contributed by atoms with Crippen molar-refractivity contribution in [1.29, 1.82) is 0 Å². The van der Waals surface area contributed by atoms with Gasteiger partial charge in [-0.15, -0.1) is 0 Å². The summed E-state index contributed by atoms with van der Waals surface area (Å²) < 4.78 is 0. The van der Waals surface area contributed by atoms with E-state index in [9.17, 15) is 4.79 Å². The zero-order valence-electron chi connectivity index (χ0n) is 11.7. The van der Waals surface area contributed by atoms with Crippen LogP contribution in [0.4, 0.5) is 5.69 Å². The molecule has 5 heteroatoms. The van der Waals surface area contributed by atoms with Crippen molar-refractivity contribution in [2.75, 3.05) is 25.4 Å². The molecule has 1 aromatic rings. The quantitative estimate of drug-likeness (QED) is 0.808. The number of nitrogen functional groups attached to an aromatic ring is 1. The molecule has 2 saturated heterocycles. The van der Waals surface area contributed by atoms with Gasteiger partial charge in [0, 0.05) is 30.9 Å². The predicted molar refractivity (Wildman–Crippen MR) is 81.0 cm³/mol. The number of amides is 1. The molecule has 0 saturated carbocycles. The zero-order chi connectivity index (χ0) is 14.3. The Hall–Kier alpha value is -1.26. The lowest BCUT2D eigenvalue weighted by Gasteiger charge is -2.42. The summed E-state index contributed by atoms with van der Waals surface area (Å²) >= 11 is 6.16. The van der Waals surface area contributed by atoms with Crippen molar-refractivity contribution in [2.24, 2.45) is 0 Å². The van der Waals surface area contributed by atoms with Crippen molar-refractivity contribution in [3.05, 3.63) is 28.8 Å². The van der Waals surface area contributed by atoms with Crippen LogP contribution in [0.15, 0.2) is 18.2 Å². The van der Waals surface area contributed by atoms with E-state index < -0.39 is 0 Å². The first kappa shape index (κ1) is 13.7. The molecule has 2 atom stereocenters. The second-order valence-electron chi connectivity index (χ2n) is 5.84. The number of carbonyl (C=O) groups is 1. The SMILES string of the molecule is CC1CN2CCCC2CN1C(=O)c1cc(N)ccc1Cl. The molecular formula is C15H20ClN3O. The zero-order valence-corrected chi connectivity index (χ0v) is 12.4. The van der Waals surface area contributed by atoms with Gasteiger partial charge in [-0.25, -0.2) is 0 Å². The minimum atomic E-state index is 0.00125. The third-order valence-corrected chi connectivity index (χ3v) is 4.75. The fourth-order valence-corrected chi connectivity index (χ4v) is 3.53. The molecule has 1 amide bonds. The number of piperazine rings is 1. The summed E-state index contributed by atoms with van der Waals surface area (Å²) in [6, 6.07) is 5.82. The molecule has 0 spiro atoms. The number of halogens is 1. The molecule has 2 aliphatic heterocycles. The molecule has 1 aromatic carbocycles. The molecule has 2 N–H and O–H groups in total. The number of nitrogens with zero attached hydrogens (tertiary/aromatic N) is 2. The molecule has 3 rings (SSSR count). The average molecular weight is 294 g/mol. The van der Waals surface area contributed by atoms with Gasteiger partial charge in [0.05, 0.1) is 10.6 Å². The Kier molecular flexibility index (Phi) is 3.61. The van der Waals surface area contributed by atoms with Crippen LogP contribution in [0, 0.1) is 0 Å². The second-order valence-corrected chi connectivity index (χ2v) is 6.24. The van der Waals surface area contributed by atoms with Crippen molar-refractivity contribution in [1.82, 2.24) is 9.80 Å². The van der Waals surface area contributed by atoms with Gasteiger partial charge >= 0.3 is 0 Å². The van der Waals surface area contributed by atoms with Crippen LogP contribution in [0.1, 0.15) is 30.1 Å². The summed E-state index contributed by atoms with van der Waals surface area (Å²) in [7, 11) is 0. The molecule has 2 unspecified atom stereocenters. The number of nitrogens with two attached hydrogens (primary N) is 1. The Labute approximate surface area is 124 Å². The summed E-state index contributed by atoms with van der Waals surface area (Å²) in [5, 5.41) is 0.477. The fourth-order valence-electron chi connectivity index (χ4n) is 3.33. The van der Waals surface area contributed by atoms with Crippen LogP contribution < -0.4 is 5.73 Å². The topological polar surface area (TPSA) is 49.6 Å². The Morgan fingerprint density at radius 3 is 3.00 bits per heavy atom. The lowest BCUT2D eigenvalue weighted by Crippen LogP contribution is -2.56. The summed E-state index contributed by atoms with van der Waals surface area (Å²) in [6.07, 6.45) is 2.42. The van der Waals surface area contributed by atoms with Crippen molar-refractivity contribution in [3.8, 4) is 0 Å². The number of anilines is 1. The van der Waals surface area contributed by atoms with Gasteiger partial charge < -0.3 is 10.6 Å². The van der Waals surface area contributed by atoms with E-state index in [2.05, 4.69) is 11.8 Å². The van der Waals surface area contributed by atoms with E-state index in [1.165, 1.54) is 12.8 Å². The number of hydrogen-bond donors (Lipinski definition) is 1. The summed E-state index contributed by atoms with van der Waals surface area (Å²) in [5.74, 6) is 0.00125. The first-order valence-electron chi connectivity index (χ1n) is 7.16. The van der Waals surface area contributed by atoms with Crippen LogP contribution >= 0.6 is 11.6 Å². The minimum Gasteiger partial charge on any atom is -0.399 e. The lowest BCUT2D eigenvalue weighted by atomic mass is 10.1. The number of benzene rings is 1. The molecule has 0 aliphatic carbocycles. The molecule has 4 nitrogen and oxygen atoms in total. The van der Waals surface area contributed by atoms with Crippen LogP contribution in [0.25, 0.3) is 0 Å². The van der Waals surface area contributed by atoms with Gasteiger partial charge in [0.1, 0.15) is 0 Å². The number of fused-ring (bicyclic) bond motifs is 1. The first-order chi connectivity index (χ1) is 9.56. The smallest absolute Gasteiger partial charge is 0.255 e. The van der Waals surface area contributed by atoms with Crippen LogP contribution in [0.3, 0.4) is 0 Å². The van der Waals surface area contributed by atoms with Crippen LogP contribution in [0.2, 0.25) is 5.02 Å². The standard InChI is InChI=1S/C15H20ClN3O/c1-10-8-18-6-2-3-12(18)9-19(10)15(20)13-7-11(17)4-5-14(13)16/h4-5,7,10,12H,2-3,6,8-9,17H2,1H3. The monoisotopic (exact) mass is 293 g/mol. The molecule has 0 aromatic heterocycles. The molecule has 2 aliphatic rings. The summed E-state index contributed by atoms with van der Waals surface area (Å²) in [4.78, 5) is 17.2. The van der Waals surface area contributed by atoms with E-state index in [1.807, 2.05) is 4.90 Å². The van der Waals surface area contributed by atoms with Gasteiger partial charge in [-0.2, -0.15) is 0 Å². The maximum Gasteiger partial charge on any atom is 0.255 e. The summed E-state index contributed by atoms with van der Waals surface area (Å²) in [5.41, 5.74) is 6.87. The van der Waals surface area contributed by atoms with Crippen LogP contribution in [0.5, 0.6) is 0 Å². The lowest BCUT2D eigenvalue weighted by molar-refractivity contribution is 0.0395. The van der Waals surface area contributed by atoms with E-state index in [0.717, 1.165) is 19.6 Å². The third kappa shape index (κ3) is 2.38. The van der Waals surface area contributed by atoms with Crippen molar-refractivity contribution in [2.45, 2.75) is 31.8 Å². The highest BCUT2D eigenvalue weighted by Gasteiger charge is 2.37. The van der Waals surface area contributed by atoms with E-state index in [0.29, 0.717) is 22.3 Å². The van der Waals surface area contributed by atoms with E-state index >= 15 is 0 Å². The van der Waals surface area contributed by atoms with E-state index in [1.54, 1.807) is 18.2 Å². The second kappa shape index (κ2) is 5.26. The van der Waals surface area contributed by atoms with Gasteiger partial charge in [0.15, 0.2) is 0 Å². The maximum atomic E-state index is 12.7. The van der Waals surface area contributed by atoms with Gasteiger partial charge in [0.25, 0.3) is 5.91 Å². The van der Waals surface area contributed by atoms with Gasteiger partial charge in [-0.1, -0.05) is 11.6 Å². The first-order valence-corrected chi connectivity index (χ1v) is 7.54. The van der Waals surface area contributed by atoms with Crippen molar-refractivity contribution in [3.63, 3.8) is 0 Å². The van der Waals surface area contributed by atoms with Crippen molar-refractivity contribution < 1.29 is 4.79 Å². The molecule has 2 heterocycles. The normalized spacial score (nSPS) is 26.6. The highest BCUT2D eigenvalue weighted by molar-refractivity contribution is 6.34. The predicted octanol–water partition coefficient (Wildman–Crippen LogP) is 2.23. The van der Waals surface area contributed by atoms with E-state index in [-0.39, 0.29) is 11.9 Å². The molecule has 20 heavy (non-hydrogen) atoms. The number of hydrogen-bond acceptors (Lipinski definition) is 3. The number of rotatable bonds is 1. The largest absolute Gasteiger partial charge is 0.399 e. The van der Waals surface area contributed by atoms with Gasteiger partial charge in [-0.3, -0.25) is 9.69 Å². The van der Waals surface area contributed by atoms with Gasteiger partial charge in [-0.05, 0) is 44.5 Å². The molecular weight excluding hydrogens is 274 g/mol.